The number of nitrogens with one attached hydrogen (secondary N) is 1. The predicted octanol–water partition coefficient (Wildman–Crippen LogP) is 6.56. The van der Waals surface area contributed by atoms with Crippen LogP contribution in [-0.2, 0) is 6.18 Å². The van der Waals surface area contributed by atoms with E-state index in [1.54, 1.807) is 18.2 Å². The van der Waals surface area contributed by atoms with Crippen molar-refractivity contribution in [2.45, 2.75) is 38.3 Å². The number of fused-ring (bicyclic) bond motifs is 1. The van der Waals surface area contributed by atoms with E-state index in [4.69, 9.17) is 23.8 Å². The number of pyridine rings is 1. The van der Waals surface area contributed by atoms with Crippen LogP contribution in [0, 0.1) is 11.8 Å². The summed E-state index contributed by atoms with van der Waals surface area (Å²) in [6.45, 7) is 1.72. The molecule has 8 heteroatoms. The van der Waals surface area contributed by atoms with Gasteiger partial charge in [0.25, 0.3) is 0 Å². The molecule has 0 bridgehead atoms. The zero-order valence-corrected chi connectivity index (χ0v) is 18.0. The fourth-order valence-corrected chi connectivity index (χ4v) is 5.06. The summed E-state index contributed by atoms with van der Waals surface area (Å²) >= 11 is 11.4. The maximum Gasteiger partial charge on any atom is 0.416 e. The van der Waals surface area contributed by atoms with Gasteiger partial charge in [-0.2, -0.15) is 13.2 Å². The van der Waals surface area contributed by atoms with Gasteiger partial charge in [-0.3, -0.25) is 0 Å². The minimum Gasteiger partial charge on any atom is -0.370 e. The van der Waals surface area contributed by atoms with Gasteiger partial charge >= 0.3 is 6.18 Å². The molecular weight excluding hydrogens is 431 g/mol. The second-order valence-corrected chi connectivity index (χ2v) is 8.89. The van der Waals surface area contributed by atoms with Crippen molar-refractivity contribution < 1.29 is 13.2 Å². The number of hydrogen-bond donors (Lipinski definition) is 1. The first kappa shape index (κ1) is 21.4. The fraction of sp³-hybridized carbons (Fsp3) is 0.455. The van der Waals surface area contributed by atoms with Crippen LogP contribution in [0.25, 0.3) is 0 Å². The summed E-state index contributed by atoms with van der Waals surface area (Å²) in [5.74, 6) is 1.34. The lowest BCUT2D eigenvalue weighted by Crippen LogP contribution is -2.42. The van der Waals surface area contributed by atoms with Crippen molar-refractivity contribution in [2.24, 2.45) is 11.8 Å². The molecule has 4 rings (SSSR count). The minimum atomic E-state index is -4.42. The van der Waals surface area contributed by atoms with Crippen molar-refractivity contribution >= 4 is 40.2 Å². The number of rotatable bonds is 3. The highest BCUT2D eigenvalue weighted by atomic mass is 35.5. The SMILES string of the molecule is FC(F)(F)c1ccc(N2CC[C@H]3CCCC[C@@H]3C2)c(NC(=S)c2ccnc(Cl)c2)c1. The molecular formula is C22H23ClF3N3S. The maximum atomic E-state index is 13.4. The van der Waals surface area contributed by atoms with Gasteiger partial charge in [-0.05, 0) is 55.0 Å². The molecule has 1 aromatic carbocycles. The molecule has 0 amide bonds. The molecule has 160 valence electrons. The van der Waals surface area contributed by atoms with Crippen molar-refractivity contribution in [3.05, 3.63) is 52.8 Å². The Morgan fingerprint density at radius 3 is 2.60 bits per heavy atom. The highest BCUT2D eigenvalue weighted by molar-refractivity contribution is 7.81. The molecule has 1 saturated heterocycles. The quantitative estimate of drug-likeness (QED) is 0.421. The second-order valence-electron chi connectivity index (χ2n) is 8.09. The molecule has 2 aliphatic rings. The van der Waals surface area contributed by atoms with E-state index in [2.05, 4.69) is 15.2 Å². The molecule has 0 spiro atoms. The van der Waals surface area contributed by atoms with Gasteiger partial charge in [-0.1, -0.05) is 43.1 Å². The molecule has 2 fully saturated rings. The highest BCUT2D eigenvalue weighted by Gasteiger charge is 2.34. The monoisotopic (exact) mass is 453 g/mol. The van der Waals surface area contributed by atoms with E-state index >= 15 is 0 Å². The molecule has 1 aromatic heterocycles. The average Bonchev–Trinajstić information content (AvgIpc) is 2.72. The number of halogens is 4. The van der Waals surface area contributed by atoms with E-state index in [9.17, 15) is 13.2 Å². The lowest BCUT2D eigenvalue weighted by atomic mass is 9.75. The zero-order chi connectivity index (χ0) is 21.3. The largest absolute Gasteiger partial charge is 0.416 e. The second kappa shape index (κ2) is 8.71. The van der Waals surface area contributed by atoms with Crippen molar-refractivity contribution in [1.82, 2.24) is 4.98 Å². The Bertz CT molecular complexity index is 934. The molecule has 3 nitrogen and oxygen atoms in total. The van der Waals surface area contributed by atoms with Crippen LogP contribution < -0.4 is 10.2 Å². The summed E-state index contributed by atoms with van der Waals surface area (Å²) in [5.41, 5.74) is 1.04. The van der Waals surface area contributed by atoms with Crippen molar-refractivity contribution in [3.8, 4) is 0 Å². The van der Waals surface area contributed by atoms with E-state index in [1.807, 2.05) is 0 Å². The summed E-state index contributed by atoms with van der Waals surface area (Å²) in [6, 6.07) is 7.15. The Balaban J connectivity index is 1.63. The molecule has 2 atom stereocenters. The van der Waals surface area contributed by atoms with Gasteiger partial charge in [0, 0.05) is 24.8 Å². The smallest absolute Gasteiger partial charge is 0.370 e. The Morgan fingerprint density at radius 2 is 1.87 bits per heavy atom. The van der Waals surface area contributed by atoms with Crippen LogP contribution in [0.3, 0.4) is 0 Å². The number of alkyl halides is 3. The van der Waals surface area contributed by atoms with Crippen LogP contribution >= 0.6 is 23.8 Å². The number of aromatic nitrogens is 1. The van der Waals surface area contributed by atoms with E-state index in [0.29, 0.717) is 22.2 Å². The van der Waals surface area contributed by atoms with Gasteiger partial charge in [0.05, 0.1) is 16.9 Å². The molecule has 0 radical (unpaired) electrons. The Morgan fingerprint density at radius 1 is 1.10 bits per heavy atom. The van der Waals surface area contributed by atoms with Gasteiger partial charge in [0.15, 0.2) is 0 Å². The van der Waals surface area contributed by atoms with Gasteiger partial charge in [-0.25, -0.2) is 4.98 Å². The van der Waals surface area contributed by atoms with E-state index < -0.39 is 11.7 Å². The summed E-state index contributed by atoms with van der Waals surface area (Å²) in [6.07, 6.45) is 3.16. The number of benzene rings is 1. The summed E-state index contributed by atoms with van der Waals surface area (Å²) in [7, 11) is 0. The van der Waals surface area contributed by atoms with Crippen LogP contribution in [0.5, 0.6) is 0 Å². The number of thiocarbonyl (C=S) groups is 1. The summed E-state index contributed by atoms with van der Waals surface area (Å²) in [5, 5.41) is 3.32. The van der Waals surface area contributed by atoms with E-state index in [0.717, 1.165) is 43.2 Å². The zero-order valence-electron chi connectivity index (χ0n) is 16.4. The first-order valence-electron chi connectivity index (χ1n) is 10.2. The lowest BCUT2D eigenvalue weighted by Gasteiger charge is -2.43. The Labute approximate surface area is 184 Å². The molecule has 2 heterocycles. The van der Waals surface area contributed by atoms with Crippen molar-refractivity contribution in [2.75, 3.05) is 23.3 Å². The number of anilines is 2. The van der Waals surface area contributed by atoms with Crippen LogP contribution in [0.2, 0.25) is 5.15 Å². The number of nitrogens with zero attached hydrogens (tertiary/aromatic N) is 2. The predicted molar refractivity (Wildman–Crippen MR) is 118 cm³/mol. The third-order valence-electron chi connectivity index (χ3n) is 6.19. The minimum absolute atomic E-state index is 0.278. The molecule has 1 N–H and O–H groups in total. The Hall–Kier alpha value is -1.86. The average molecular weight is 454 g/mol. The lowest BCUT2D eigenvalue weighted by molar-refractivity contribution is -0.137. The van der Waals surface area contributed by atoms with E-state index in [1.165, 1.54) is 31.9 Å². The van der Waals surface area contributed by atoms with Crippen LogP contribution in [0.4, 0.5) is 24.5 Å². The molecule has 1 saturated carbocycles. The highest BCUT2D eigenvalue weighted by Crippen LogP contribution is 2.41. The van der Waals surface area contributed by atoms with Gasteiger partial charge in [-0.15, -0.1) is 0 Å². The first-order chi connectivity index (χ1) is 14.3. The van der Waals surface area contributed by atoms with Crippen LogP contribution in [0.15, 0.2) is 36.5 Å². The molecule has 0 unspecified atom stereocenters. The normalized spacial score (nSPS) is 21.8. The Kier molecular flexibility index (Phi) is 6.21. The van der Waals surface area contributed by atoms with Gasteiger partial charge < -0.3 is 10.2 Å². The summed E-state index contributed by atoms with van der Waals surface area (Å²) < 4.78 is 40.1. The van der Waals surface area contributed by atoms with Crippen molar-refractivity contribution in [1.29, 1.82) is 0 Å². The standard InChI is InChI=1S/C22H23ClF3N3S/c23-20-11-15(7-9-27-20)21(30)28-18-12-17(22(24,25)26)5-6-19(18)29-10-8-14-3-1-2-4-16(14)13-29/h5-7,9,11-12,14,16H,1-4,8,10,13H2,(H,28,30)/t14-,16-/m1/s1. The summed E-state index contributed by atoms with van der Waals surface area (Å²) in [4.78, 5) is 6.44. The number of hydrogen-bond acceptors (Lipinski definition) is 3. The molecule has 30 heavy (non-hydrogen) atoms. The topological polar surface area (TPSA) is 28.2 Å². The van der Waals surface area contributed by atoms with Crippen molar-refractivity contribution in [3.63, 3.8) is 0 Å². The third kappa shape index (κ3) is 4.72. The van der Waals surface area contributed by atoms with E-state index in [-0.39, 0.29) is 5.15 Å². The van der Waals surface area contributed by atoms with Gasteiger partial charge in [0.2, 0.25) is 0 Å². The molecule has 1 aliphatic heterocycles. The molecule has 1 aliphatic carbocycles. The maximum absolute atomic E-state index is 13.4. The molecule has 2 aromatic rings. The number of piperidine rings is 1. The van der Waals surface area contributed by atoms with Crippen LogP contribution in [-0.4, -0.2) is 23.1 Å². The van der Waals surface area contributed by atoms with Gasteiger partial charge in [0.1, 0.15) is 10.1 Å². The van der Waals surface area contributed by atoms with Crippen LogP contribution in [0.1, 0.15) is 43.2 Å². The first-order valence-corrected chi connectivity index (χ1v) is 11.0. The third-order valence-corrected chi connectivity index (χ3v) is 6.74. The fourth-order valence-electron chi connectivity index (χ4n) is 4.65.